The lowest BCUT2D eigenvalue weighted by Crippen LogP contribution is -1.95. The first-order valence-electron chi connectivity index (χ1n) is 16.8. The van der Waals surface area contributed by atoms with E-state index in [0.717, 1.165) is 0 Å². The van der Waals surface area contributed by atoms with Gasteiger partial charge in [-0.15, -0.1) is 11.3 Å². The van der Waals surface area contributed by atoms with E-state index in [1.165, 1.54) is 97.1 Å². The summed E-state index contributed by atoms with van der Waals surface area (Å²) in [6.45, 7) is 0. The van der Waals surface area contributed by atoms with Gasteiger partial charge >= 0.3 is 0 Å². The van der Waals surface area contributed by atoms with Gasteiger partial charge in [-0.25, -0.2) is 0 Å². The Labute approximate surface area is 286 Å². The second kappa shape index (κ2) is 10.2. The number of thiophene rings is 1. The third kappa shape index (κ3) is 3.76. The highest BCUT2D eigenvalue weighted by atomic mass is 32.1. The van der Waals surface area contributed by atoms with E-state index in [2.05, 4.69) is 179 Å². The molecule has 49 heavy (non-hydrogen) atoms. The maximum Gasteiger partial charge on any atom is 0.0547 e. The molecular weight excluding hydrogens is 613 g/mol. The molecule has 11 rings (SSSR count). The molecule has 0 atom stereocenters. The Bertz CT molecular complexity index is 3100. The van der Waals surface area contributed by atoms with Gasteiger partial charge in [0.15, 0.2) is 0 Å². The lowest BCUT2D eigenvalue weighted by atomic mass is 9.98. The summed E-state index contributed by atoms with van der Waals surface area (Å²) in [4.78, 5) is 0. The Hall–Kier alpha value is -6.16. The average Bonchev–Trinajstić information content (AvgIpc) is 3.82. The normalized spacial score (nSPS) is 12.1. The van der Waals surface area contributed by atoms with Crippen molar-refractivity contribution in [3.8, 4) is 22.5 Å². The van der Waals surface area contributed by atoms with Crippen LogP contribution in [0.2, 0.25) is 0 Å². The molecule has 8 aromatic carbocycles. The van der Waals surface area contributed by atoms with Crippen LogP contribution in [0.4, 0.5) is 0 Å². The molecule has 0 bridgehead atoms. The van der Waals surface area contributed by atoms with Crippen molar-refractivity contribution < 1.29 is 0 Å². The van der Waals surface area contributed by atoms with Gasteiger partial charge in [-0.1, -0.05) is 115 Å². The van der Waals surface area contributed by atoms with Gasteiger partial charge < -0.3 is 9.13 Å². The molecule has 2 nitrogen and oxygen atoms in total. The van der Waals surface area contributed by atoms with Crippen LogP contribution < -0.4 is 0 Å². The highest BCUT2D eigenvalue weighted by molar-refractivity contribution is 7.26. The van der Waals surface area contributed by atoms with Crippen LogP contribution in [-0.2, 0) is 0 Å². The van der Waals surface area contributed by atoms with Crippen LogP contribution in [-0.4, -0.2) is 9.13 Å². The molecule has 0 aliphatic rings. The molecule has 3 heteroatoms. The van der Waals surface area contributed by atoms with E-state index in [1.807, 2.05) is 11.3 Å². The summed E-state index contributed by atoms with van der Waals surface area (Å²) in [7, 11) is 0. The van der Waals surface area contributed by atoms with Gasteiger partial charge in [-0.2, -0.15) is 0 Å². The third-order valence-electron chi connectivity index (χ3n) is 10.3. The molecule has 0 fully saturated rings. The summed E-state index contributed by atoms with van der Waals surface area (Å²) in [5.74, 6) is 0. The van der Waals surface area contributed by atoms with Gasteiger partial charge in [0.25, 0.3) is 0 Å². The summed E-state index contributed by atoms with van der Waals surface area (Å²) in [5, 5.41) is 10.3. The fraction of sp³-hybridized carbons (Fsp3) is 0. The number of nitrogens with zero attached hydrogens (tertiary/aromatic N) is 2. The predicted octanol–water partition coefficient (Wildman–Crippen LogP) is 13.1. The lowest BCUT2D eigenvalue weighted by molar-refractivity contribution is 1.18. The number of benzene rings is 8. The molecule has 0 amide bonds. The number of fused-ring (bicyclic) bond motifs is 11. The summed E-state index contributed by atoms with van der Waals surface area (Å²) < 4.78 is 7.57. The van der Waals surface area contributed by atoms with Gasteiger partial charge in [-0.05, 0) is 65.7 Å². The zero-order chi connectivity index (χ0) is 32.1. The monoisotopic (exact) mass is 640 g/mol. The summed E-state index contributed by atoms with van der Waals surface area (Å²) in [6.07, 6.45) is 0. The number of hydrogen-bond acceptors (Lipinski definition) is 1. The van der Waals surface area contributed by atoms with Crippen molar-refractivity contribution in [1.29, 1.82) is 0 Å². The van der Waals surface area contributed by atoms with E-state index in [1.54, 1.807) is 0 Å². The molecule has 0 saturated carbocycles. The minimum absolute atomic E-state index is 1.18. The molecule has 0 saturated heterocycles. The van der Waals surface area contributed by atoms with Crippen LogP contribution in [0.1, 0.15) is 0 Å². The van der Waals surface area contributed by atoms with Crippen molar-refractivity contribution in [2.24, 2.45) is 0 Å². The molecular formula is C46H28N2S. The smallest absolute Gasteiger partial charge is 0.0547 e. The Balaban J connectivity index is 1.22. The van der Waals surface area contributed by atoms with Crippen LogP contribution in [0.15, 0.2) is 170 Å². The molecule has 0 aliphatic heterocycles. The maximum absolute atomic E-state index is 2.50. The summed E-state index contributed by atoms with van der Waals surface area (Å²) in [6, 6.07) is 62.4. The summed E-state index contributed by atoms with van der Waals surface area (Å²) in [5.41, 5.74) is 9.74. The maximum atomic E-state index is 2.50. The van der Waals surface area contributed by atoms with Gasteiger partial charge in [0, 0.05) is 58.2 Å². The van der Waals surface area contributed by atoms with Crippen molar-refractivity contribution in [3.05, 3.63) is 170 Å². The molecule has 11 aromatic rings. The lowest BCUT2D eigenvalue weighted by Gasteiger charge is -2.13. The van der Waals surface area contributed by atoms with Crippen molar-refractivity contribution in [2.45, 2.75) is 0 Å². The Morgan fingerprint density at radius 3 is 1.84 bits per heavy atom. The van der Waals surface area contributed by atoms with E-state index in [-0.39, 0.29) is 0 Å². The first kappa shape index (κ1) is 26.9. The van der Waals surface area contributed by atoms with E-state index < -0.39 is 0 Å². The van der Waals surface area contributed by atoms with Gasteiger partial charge in [-0.3, -0.25) is 0 Å². The Morgan fingerprint density at radius 2 is 1.00 bits per heavy atom. The van der Waals surface area contributed by atoms with Crippen molar-refractivity contribution in [1.82, 2.24) is 9.13 Å². The fourth-order valence-electron chi connectivity index (χ4n) is 8.23. The molecule has 3 aromatic heterocycles. The van der Waals surface area contributed by atoms with E-state index >= 15 is 0 Å². The quantitative estimate of drug-likeness (QED) is 0.182. The molecule has 0 spiro atoms. The van der Waals surface area contributed by atoms with Crippen LogP contribution in [0.3, 0.4) is 0 Å². The zero-order valence-corrected chi connectivity index (χ0v) is 27.3. The highest BCUT2D eigenvalue weighted by Crippen LogP contribution is 2.45. The predicted molar refractivity (Wildman–Crippen MR) is 211 cm³/mol. The number of aromatic nitrogens is 2. The van der Waals surface area contributed by atoms with Crippen molar-refractivity contribution in [2.75, 3.05) is 0 Å². The molecule has 0 radical (unpaired) electrons. The van der Waals surface area contributed by atoms with E-state index in [9.17, 15) is 0 Å². The zero-order valence-electron chi connectivity index (χ0n) is 26.5. The van der Waals surface area contributed by atoms with E-state index in [4.69, 9.17) is 0 Å². The van der Waals surface area contributed by atoms with Gasteiger partial charge in [0.2, 0.25) is 0 Å². The fourth-order valence-corrected chi connectivity index (χ4v) is 9.45. The molecule has 0 unspecified atom stereocenters. The van der Waals surface area contributed by atoms with Crippen LogP contribution in [0.25, 0.3) is 97.1 Å². The standard InChI is InChI=1S/C46H28N2S/c1-2-13-30(14-3-1)47-39-21-9-6-16-33(39)37-27-29(25-26-41(37)47)31-20-12-23-42-45(31)36-19-7-10-22-40(36)48(42)43-28-38-34-17-8-11-24-44(34)49-46(38)35-18-5-4-15-32(35)43/h1-28H. The largest absolute Gasteiger partial charge is 0.309 e. The van der Waals surface area contributed by atoms with E-state index in [0.29, 0.717) is 0 Å². The van der Waals surface area contributed by atoms with Crippen molar-refractivity contribution in [3.63, 3.8) is 0 Å². The third-order valence-corrected chi connectivity index (χ3v) is 11.5. The molecule has 0 N–H and O–H groups in total. The first-order chi connectivity index (χ1) is 24.3. The van der Waals surface area contributed by atoms with Crippen LogP contribution in [0.5, 0.6) is 0 Å². The van der Waals surface area contributed by atoms with Crippen LogP contribution >= 0.6 is 11.3 Å². The van der Waals surface area contributed by atoms with Gasteiger partial charge in [0.05, 0.1) is 27.8 Å². The van der Waals surface area contributed by atoms with Gasteiger partial charge in [0.1, 0.15) is 0 Å². The minimum Gasteiger partial charge on any atom is -0.309 e. The molecule has 3 heterocycles. The van der Waals surface area contributed by atoms with Crippen LogP contribution in [0, 0.1) is 0 Å². The second-order valence-electron chi connectivity index (χ2n) is 12.9. The molecule has 228 valence electrons. The molecule has 0 aliphatic carbocycles. The number of rotatable bonds is 3. The Morgan fingerprint density at radius 1 is 0.367 bits per heavy atom. The minimum atomic E-state index is 1.18. The van der Waals surface area contributed by atoms with Crippen molar-refractivity contribution >= 4 is 85.9 Å². The SMILES string of the molecule is c1ccc(-n2c3ccccc3c3cc(-c4cccc5c4c4ccccc4n5-c4cc5c6ccccc6sc5c5ccccc45)ccc32)cc1. The average molecular weight is 641 g/mol. The number of hydrogen-bond donors (Lipinski definition) is 0. The Kier molecular flexibility index (Phi) is 5.57. The number of para-hydroxylation sites is 3. The second-order valence-corrected chi connectivity index (χ2v) is 13.9. The highest BCUT2D eigenvalue weighted by Gasteiger charge is 2.20. The topological polar surface area (TPSA) is 9.86 Å². The summed E-state index contributed by atoms with van der Waals surface area (Å²) >= 11 is 1.89. The first-order valence-corrected chi connectivity index (χ1v) is 17.6.